The van der Waals surface area contributed by atoms with E-state index in [-0.39, 0.29) is 17.0 Å². The number of carboxylic acids is 1. The normalized spacial score (nSPS) is 15.0. The Balaban J connectivity index is 1.63. The lowest BCUT2D eigenvalue weighted by atomic mass is 10.1. The lowest BCUT2D eigenvalue weighted by Gasteiger charge is -2.11. The Morgan fingerprint density at radius 1 is 1.03 bits per heavy atom. The first kappa shape index (κ1) is 19.8. The highest BCUT2D eigenvalue weighted by atomic mass is 35.5. The largest absolute Gasteiger partial charge is 0.478 e. The molecule has 3 aromatic rings. The van der Waals surface area contributed by atoms with Crippen LogP contribution in [0.3, 0.4) is 0 Å². The van der Waals surface area contributed by atoms with Gasteiger partial charge in [-0.15, -0.1) is 0 Å². The minimum atomic E-state index is -1.09. The van der Waals surface area contributed by atoms with Gasteiger partial charge in [0, 0.05) is 16.7 Å². The van der Waals surface area contributed by atoms with Crippen LogP contribution in [0, 0.1) is 0 Å². The maximum Gasteiger partial charge on any atom is 0.335 e. The SMILES string of the molecule is O=C(O)c1ccc(Cl)c(-c2ccc(/C=C3/NC(=O)N(c4ccc(Cl)cc4)C3=O)o2)c1. The molecule has 2 heterocycles. The van der Waals surface area contributed by atoms with Gasteiger partial charge in [-0.05, 0) is 54.6 Å². The molecule has 0 atom stereocenters. The molecular weight excluding hydrogens is 431 g/mol. The van der Waals surface area contributed by atoms with Gasteiger partial charge in [0.2, 0.25) is 0 Å². The number of nitrogens with zero attached hydrogens (tertiary/aromatic N) is 1. The van der Waals surface area contributed by atoms with E-state index in [0.717, 1.165) is 4.90 Å². The van der Waals surface area contributed by atoms with Gasteiger partial charge in [-0.3, -0.25) is 4.79 Å². The average molecular weight is 443 g/mol. The number of carboxylic acid groups (broad SMARTS) is 1. The number of anilines is 1. The summed E-state index contributed by atoms with van der Waals surface area (Å²) in [5.74, 6) is -1.04. The lowest BCUT2D eigenvalue weighted by Crippen LogP contribution is -2.30. The van der Waals surface area contributed by atoms with Crippen LogP contribution in [0.2, 0.25) is 10.0 Å². The van der Waals surface area contributed by atoms with Gasteiger partial charge in [0.15, 0.2) is 0 Å². The quantitative estimate of drug-likeness (QED) is 0.434. The standard InChI is InChI=1S/C21H12Cl2N2O5/c22-12-2-4-13(5-3-12)25-19(26)17(24-21(25)29)10-14-6-8-18(30-14)15-9-11(20(27)28)1-7-16(15)23/h1-10H,(H,24,29)(H,27,28)/b17-10+. The molecule has 9 heteroatoms. The Bertz CT molecular complexity index is 1210. The van der Waals surface area contributed by atoms with Crippen molar-refractivity contribution in [3.63, 3.8) is 0 Å². The van der Waals surface area contributed by atoms with Crippen LogP contribution in [0.25, 0.3) is 17.4 Å². The highest BCUT2D eigenvalue weighted by Gasteiger charge is 2.35. The van der Waals surface area contributed by atoms with E-state index in [2.05, 4.69) is 5.32 Å². The maximum atomic E-state index is 12.7. The van der Waals surface area contributed by atoms with Crippen LogP contribution in [0.5, 0.6) is 0 Å². The highest BCUT2D eigenvalue weighted by molar-refractivity contribution is 6.33. The zero-order valence-electron chi connectivity index (χ0n) is 15.1. The molecule has 0 bridgehead atoms. The second-order valence-electron chi connectivity index (χ2n) is 6.31. The number of furan rings is 1. The second kappa shape index (κ2) is 7.70. The summed E-state index contributed by atoms with van der Waals surface area (Å²) < 4.78 is 5.69. The predicted molar refractivity (Wildman–Crippen MR) is 112 cm³/mol. The first-order valence-electron chi connectivity index (χ1n) is 8.59. The van der Waals surface area contributed by atoms with Gasteiger partial charge in [0.05, 0.1) is 16.3 Å². The fraction of sp³-hybridized carbons (Fsp3) is 0. The van der Waals surface area contributed by atoms with Crippen molar-refractivity contribution in [2.24, 2.45) is 0 Å². The number of carbonyl (C=O) groups is 3. The monoisotopic (exact) mass is 442 g/mol. The van der Waals surface area contributed by atoms with Crippen LogP contribution in [-0.2, 0) is 4.79 Å². The second-order valence-corrected chi connectivity index (χ2v) is 7.15. The van der Waals surface area contributed by atoms with Crippen molar-refractivity contribution < 1.29 is 23.9 Å². The summed E-state index contributed by atoms with van der Waals surface area (Å²) in [5.41, 5.74) is 0.859. The Hall–Kier alpha value is -3.55. The van der Waals surface area contributed by atoms with Gasteiger partial charge < -0.3 is 14.8 Å². The van der Waals surface area contributed by atoms with Crippen LogP contribution in [0.4, 0.5) is 10.5 Å². The summed E-state index contributed by atoms with van der Waals surface area (Å²) in [5, 5.41) is 12.5. The highest BCUT2D eigenvalue weighted by Crippen LogP contribution is 2.31. The molecule has 2 N–H and O–H groups in total. The van der Waals surface area contributed by atoms with Crippen molar-refractivity contribution >= 4 is 52.9 Å². The van der Waals surface area contributed by atoms with Gasteiger partial charge in [0.1, 0.15) is 17.2 Å². The Kier molecular flexibility index (Phi) is 5.07. The molecule has 1 aliphatic heterocycles. The Morgan fingerprint density at radius 3 is 2.47 bits per heavy atom. The number of aromatic carboxylic acids is 1. The number of nitrogens with one attached hydrogen (secondary N) is 1. The molecule has 0 unspecified atom stereocenters. The number of halogens is 2. The molecule has 1 aromatic heterocycles. The van der Waals surface area contributed by atoms with E-state index in [9.17, 15) is 14.4 Å². The number of carbonyl (C=O) groups excluding carboxylic acids is 2. The molecule has 1 fully saturated rings. The van der Waals surface area contributed by atoms with Crippen molar-refractivity contribution in [1.29, 1.82) is 0 Å². The van der Waals surface area contributed by atoms with E-state index >= 15 is 0 Å². The number of benzene rings is 2. The fourth-order valence-corrected chi connectivity index (χ4v) is 3.26. The summed E-state index contributed by atoms with van der Waals surface area (Å²) in [4.78, 5) is 37.1. The average Bonchev–Trinajstić information content (AvgIpc) is 3.27. The molecule has 4 rings (SSSR count). The third kappa shape index (κ3) is 3.68. The molecule has 150 valence electrons. The summed E-state index contributed by atoms with van der Waals surface area (Å²) in [6.07, 6.45) is 1.38. The molecule has 30 heavy (non-hydrogen) atoms. The molecular formula is C21H12Cl2N2O5. The lowest BCUT2D eigenvalue weighted by molar-refractivity contribution is -0.113. The third-order valence-electron chi connectivity index (χ3n) is 4.36. The number of hydrogen-bond acceptors (Lipinski definition) is 4. The molecule has 0 aliphatic carbocycles. The zero-order valence-corrected chi connectivity index (χ0v) is 16.6. The van der Waals surface area contributed by atoms with Gasteiger partial charge in [-0.25, -0.2) is 14.5 Å². The minimum absolute atomic E-state index is 0.0289. The van der Waals surface area contributed by atoms with Crippen LogP contribution in [0.15, 0.2) is 64.7 Å². The first-order chi connectivity index (χ1) is 14.3. The number of urea groups is 1. The van der Waals surface area contributed by atoms with Crippen molar-refractivity contribution in [3.05, 3.63) is 81.7 Å². The Morgan fingerprint density at radius 2 is 1.77 bits per heavy atom. The molecule has 0 radical (unpaired) electrons. The number of rotatable bonds is 4. The predicted octanol–water partition coefficient (Wildman–Crippen LogP) is 5.05. The van der Waals surface area contributed by atoms with Gasteiger partial charge in [0.25, 0.3) is 5.91 Å². The summed E-state index contributed by atoms with van der Waals surface area (Å²) in [6, 6.07) is 13.1. The topological polar surface area (TPSA) is 99.9 Å². The molecule has 0 saturated carbocycles. The fourth-order valence-electron chi connectivity index (χ4n) is 2.92. The van der Waals surface area contributed by atoms with E-state index < -0.39 is 17.9 Å². The summed E-state index contributed by atoms with van der Waals surface area (Å²) in [7, 11) is 0. The van der Waals surface area contributed by atoms with Gasteiger partial charge >= 0.3 is 12.0 Å². The van der Waals surface area contributed by atoms with Crippen LogP contribution < -0.4 is 10.2 Å². The van der Waals surface area contributed by atoms with Crippen LogP contribution in [0.1, 0.15) is 16.1 Å². The number of imide groups is 1. The maximum absolute atomic E-state index is 12.7. The van der Waals surface area contributed by atoms with Crippen molar-refractivity contribution in [1.82, 2.24) is 5.32 Å². The summed E-state index contributed by atoms with van der Waals surface area (Å²) >= 11 is 12.0. The molecule has 1 saturated heterocycles. The molecule has 0 spiro atoms. The molecule has 2 aromatic carbocycles. The van der Waals surface area contributed by atoms with Crippen molar-refractivity contribution in [3.8, 4) is 11.3 Å². The minimum Gasteiger partial charge on any atom is -0.478 e. The van der Waals surface area contributed by atoms with E-state index in [0.29, 0.717) is 27.1 Å². The molecule has 1 aliphatic rings. The van der Waals surface area contributed by atoms with Gasteiger partial charge in [-0.2, -0.15) is 0 Å². The van der Waals surface area contributed by atoms with E-state index in [1.807, 2.05) is 0 Å². The van der Waals surface area contributed by atoms with E-state index in [1.54, 1.807) is 36.4 Å². The molecule has 7 nitrogen and oxygen atoms in total. The zero-order chi connectivity index (χ0) is 21.4. The van der Waals surface area contributed by atoms with Crippen LogP contribution >= 0.6 is 23.2 Å². The van der Waals surface area contributed by atoms with E-state index in [1.165, 1.54) is 24.3 Å². The van der Waals surface area contributed by atoms with Gasteiger partial charge in [-0.1, -0.05) is 23.2 Å². The number of amides is 3. The molecule has 3 amide bonds. The first-order valence-corrected chi connectivity index (χ1v) is 9.35. The van der Waals surface area contributed by atoms with E-state index in [4.69, 9.17) is 32.7 Å². The van der Waals surface area contributed by atoms with Crippen LogP contribution in [-0.4, -0.2) is 23.0 Å². The van der Waals surface area contributed by atoms with Crippen molar-refractivity contribution in [2.75, 3.05) is 4.90 Å². The number of hydrogen-bond donors (Lipinski definition) is 2. The summed E-state index contributed by atoms with van der Waals surface area (Å²) in [6.45, 7) is 0. The third-order valence-corrected chi connectivity index (χ3v) is 4.94. The van der Waals surface area contributed by atoms with Crippen molar-refractivity contribution in [2.45, 2.75) is 0 Å². The Labute approximate surface area is 180 Å². The smallest absolute Gasteiger partial charge is 0.335 e.